The number of aromatic nitrogens is 1. The molecule has 0 fully saturated rings. The van der Waals surface area contributed by atoms with Crippen LogP contribution in [0.4, 0.5) is 10.8 Å². The van der Waals surface area contributed by atoms with Gasteiger partial charge in [0.05, 0.1) is 25.6 Å². The van der Waals surface area contributed by atoms with Gasteiger partial charge < -0.3 is 14.8 Å². The second kappa shape index (κ2) is 6.89. The number of nitrogens with zero attached hydrogens (tertiary/aromatic N) is 1. The fourth-order valence-electron chi connectivity index (χ4n) is 2.14. The van der Waals surface area contributed by atoms with E-state index in [1.165, 1.54) is 11.3 Å². The van der Waals surface area contributed by atoms with E-state index in [-0.39, 0.29) is 0 Å². The standard InChI is InChI=1S/C17H15ClN2O2S/c1-21-11-7-8-14(16(9-11)22-2)19-17-20-15(10-23-17)12-5-3-4-6-13(12)18/h3-10H,1-2H3,(H,19,20). The fourth-order valence-corrected chi connectivity index (χ4v) is 3.10. The van der Waals surface area contributed by atoms with Crippen LogP contribution < -0.4 is 14.8 Å². The lowest BCUT2D eigenvalue weighted by molar-refractivity contribution is 0.395. The summed E-state index contributed by atoms with van der Waals surface area (Å²) >= 11 is 7.73. The maximum absolute atomic E-state index is 6.22. The molecule has 118 valence electrons. The summed E-state index contributed by atoms with van der Waals surface area (Å²) in [5, 5.41) is 6.69. The molecule has 1 aromatic heterocycles. The number of hydrogen-bond donors (Lipinski definition) is 1. The minimum absolute atomic E-state index is 0.686. The molecule has 0 atom stereocenters. The summed E-state index contributed by atoms with van der Waals surface area (Å²) < 4.78 is 10.6. The Morgan fingerprint density at radius 2 is 1.91 bits per heavy atom. The molecule has 0 unspecified atom stereocenters. The average Bonchev–Trinajstić information content (AvgIpc) is 3.04. The molecule has 1 N–H and O–H groups in total. The molecule has 0 aliphatic rings. The lowest BCUT2D eigenvalue weighted by Crippen LogP contribution is -1.95. The molecule has 0 spiro atoms. The highest BCUT2D eigenvalue weighted by Crippen LogP contribution is 2.35. The second-order valence-corrected chi connectivity index (χ2v) is 5.97. The Balaban J connectivity index is 1.86. The van der Waals surface area contributed by atoms with Gasteiger partial charge in [0.25, 0.3) is 0 Å². The van der Waals surface area contributed by atoms with Crippen LogP contribution in [0.25, 0.3) is 11.3 Å². The van der Waals surface area contributed by atoms with Crippen molar-refractivity contribution in [1.29, 1.82) is 0 Å². The molecule has 3 rings (SSSR count). The molecule has 2 aromatic carbocycles. The quantitative estimate of drug-likeness (QED) is 0.687. The summed E-state index contributed by atoms with van der Waals surface area (Å²) in [7, 11) is 3.25. The van der Waals surface area contributed by atoms with Gasteiger partial charge in [0.15, 0.2) is 5.13 Å². The van der Waals surface area contributed by atoms with Crippen molar-refractivity contribution in [2.75, 3.05) is 19.5 Å². The van der Waals surface area contributed by atoms with Gasteiger partial charge in [-0.1, -0.05) is 29.8 Å². The predicted octanol–water partition coefficient (Wildman–Crippen LogP) is 5.22. The van der Waals surface area contributed by atoms with E-state index < -0.39 is 0 Å². The largest absolute Gasteiger partial charge is 0.497 e. The number of halogens is 1. The Kier molecular flexibility index (Phi) is 4.69. The molecular formula is C17H15ClN2O2S. The van der Waals surface area contributed by atoms with Gasteiger partial charge in [0, 0.05) is 22.0 Å². The third-order valence-corrected chi connectivity index (χ3v) is 4.39. The van der Waals surface area contributed by atoms with Crippen LogP contribution in [0.3, 0.4) is 0 Å². The van der Waals surface area contributed by atoms with Crippen molar-refractivity contribution in [1.82, 2.24) is 4.98 Å². The van der Waals surface area contributed by atoms with Crippen molar-refractivity contribution in [3.63, 3.8) is 0 Å². The van der Waals surface area contributed by atoms with E-state index in [1.54, 1.807) is 14.2 Å². The highest BCUT2D eigenvalue weighted by Gasteiger charge is 2.10. The van der Waals surface area contributed by atoms with E-state index in [1.807, 2.05) is 47.8 Å². The van der Waals surface area contributed by atoms with Crippen molar-refractivity contribution in [2.45, 2.75) is 0 Å². The molecule has 23 heavy (non-hydrogen) atoms. The van der Waals surface area contributed by atoms with Crippen LogP contribution in [0.1, 0.15) is 0 Å². The molecule has 0 radical (unpaired) electrons. The number of hydrogen-bond acceptors (Lipinski definition) is 5. The Morgan fingerprint density at radius 3 is 2.65 bits per heavy atom. The zero-order valence-electron chi connectivity index (χ0n) is 12.7. The number of benzene rings is 2. The van der Waals surface area contributed by atoms with Crippen molar-refractivity contribution >= 4 is 33.8 Å². The van der Waals surface area contributed by atoms with E-state index in [0.29, 0.717) is 10.8 Å². The van der Waals surface area contributed by atoms with Gasteiger partial charge in [-0.15, -0.1) is 11.3 Å². The molecule has 0 saturated carbocycles. The van der Waals surface area contributed by atoms with Gasteiger partial charge in [-0.25, -0.2) is 4.98 Å². The highest BCUT2D eigenvalue weighted by atomic mass is 35.5. The van der Waals surface area contributed by atoms with Crippen LogP contribution in [0.5, 0.6) is 11.5 Å². The SMILES string of the molecule is COc1ccc(Nc2nc(-c3ccccc3Cl)cs2)c(OC)c1. The smallest absolute Gasteiger partial charge is 0.187 e. The predicted molar refractivity (Wildman–Crippen MR) is 95.4 cm³/mol. The minimum atomic E-state index is 0.686. The first-order valence-electron chi connectivity index (χ1n) is 6.90. The third-order valence-electron chi connectivity index (χ3n) is 3.30. The molecule has 0 saturated heterocycles. The number of nitrogens with one attached hydrogen (secondary N) is 1. The van der Waals surface area contributed by atoms with Crippen molar-refractivity contribution in [3.05, 3.63) is 52.9 Å². The number of anilines is 2. The first kappa shape index (κ1) is 15.6. The van der Waals surface area contributed by atoms with Crippen LogP contribution in [-0.2, 0) is 0 Å². The summed E-state index contributed by atoms with van der Waals surface area (Å²) in [5.41, 5.74) is 2.59. The van der Waals surface area contributed by atoms with Gasteiger partial charge >= 0.3 is 0 Å². The van der Waals surface area contributed by atoms with E-state index in [2.05, 4.69) is 10.3 Å². The molecule has 6 heteroatoms. The van der Waals surface area contributed by atoms with Crippen LogP contribution in [0, 0.1) is 0 Å². The Labute approximate surface area is 143 Å². The van der Waals surface area contributed by atoms with Crippen LogP contribution in [0.15, 0.2) is 47.8 Å². The maximum atomic E-state index is 6.22. The van der Waals surface area contributed by atoms with E-state index in [9.17, 15) is 0 Å². The summed E-state index contributed by atoms with van der Waals surface area (Å²) in [6.45, 7) is 0. The normalized spacial score (nSPS) is 10.4. The van der Waals surface area contributed by atoms with Crippen molar-refractivity contribution in [3.8, 4) is 22.8 Å². The second-order valence-electron chi connectivity index (χ2n) is 4.71. The van der Waals surface area contributed by atoms with E-state index >= 15 is 0 Å². The zero-order chi connectivity index (χ0) is 16.2. The first-order chi connectivity index (χ1) is 11.2. The molecule has 0 aliphatic carbocycles. The van der Waals surface area contributed by atoms with E-state index in [4.69, 9.17) is 21.1 Å². The number of methoxy groups -OCH3 is 2. The monoisotopic (exact) mass is 346 g/mol. The summed E-state index contributed by atoms with van der Waals surface area (Å²) in [4.78, 5) is 4.59. The molecule has 1 heterocycles. The average molecular weight is 347 g/mol. The van der Waals surface area contributed by atoms with E-state index in [0.717, 1.165) is 27.8 Å². The lowest BCUT2D eigenvalue weighted by atomic mass is 10.2. The fraction of sp³-hybridized carbons (Fsp3) is 0.118. The van der Waals surface area contributed by atoms with Gasteiger partial charge in [0.1, 0.15) is 11.5 Å². The molecule has 0 aliphatic heterocycles. The molecule has 4 nitrogen and oxygen atoms in total. The molecular weight excluding hydrogens is 332 g/mol. The summed E-state index contributed by atoms with van der Waals surface area (Å²) in [5.74, 6) is 1.43. The highest BCUT2D eigenvalue weighted by molar-refractivity contribution is 7.14. The van der Waals surface area contributed by atoms with Crippen molar-refractivity contribution < 1.29 is 9.47 Å². The van der Waals surface area contributed by atoms with Crippen LogP contribution in [0.2, 0.25) is 5.02 Å². The Bertz CT molecular complexity index is 820. The summed E-state index contributed by atoms with van der Waals surface area (Å²) in [6.07, 6.45) is 0. The molecule has 0 bridgehead atoms. The molecule has 0 amide bonds. The zero-order valence-corrected chi connectivity index (χ0v) is 14.2. The minimum Gasteiger partial charge on any atom is -0.497 e. The van der Waals surface area contributed by atoms with Gasteiger partial charge in [0.2, 0.25) is 0 Å². The van der Waals surface area contributed by atoms with Crippen LogP contribution >= 0.6 is 22.9 Å². The maximum Gasteiger partial charge on any atom is 0.187 e. The Hall–Kier alpha value is -2.24. The third kappa shape index (κ3) is 3.41. The summed E-state index contributed by atoms with van der Waals surface area (Å²) in [6, 6.07) is 13.2. The number of thiazole rings is 1. The topological polar surface area (TPSA) is 43.4 Å². The van der Waals surface area contributed by atoms with Crippen LogP contribution in [-0.4, -0.2) is 19.2 Å². The molecule has 3 aromatic rings. The lowest BCUT2D eigenvalue weighted by Gasteiger charge is -2.10. The first-order valence-corrected chi connectivity index (χ1v) is 8.16. The van der Waals surface area contributed by atoms with Gasteiger partial charge in [-0.3, -0.25) is 0 Å². The number of ether oxygens (including phenoxy) is 2. The van der Waals surface area contributed by atoms with Gasteiger partial charge in [-0.05, 0) is 18.2 Å². The Morgan fingerprint density at radius 1 is 1.09 bits per heavy atom. The van der Waals surface area contributed by atoms with Gasteiger partial charge in [-0.2, -0.15) is 0 Å². The van der Waals surface area contributed by atoms with Crippen molar-refractivity contribution in [2.24, 2.45) is 0 Å². The number of rotatable bonds is 5.